The van der Waals surface area contributed by atoms with Crippen LogP contribution in [0, 0.1) is 0 Å². The van der Waals surface area contributed by atoms with Crippen LogP contribution in [-0.2, 0) is 9.59 Å². The van der Waals surface area contributed by atoms with Gasteiger partial charge in [-0.1, -0.05) is 0 Å². The van der Waals surface area contributed by atoms with Crippen molar-refractivity contribution in [3.8, 4) is 0 Å². The van der Waals surface area contributed by atoms with E-state index in [0.717, 1.165) is 11.8 Å². The fourth-order valence-corrected chi connectivity index (χ4v) is 1.72. The Morgan fingerprint density at radius 1 is 1.41 bits per heavy atom. The first-order valence-electron chi connectivity index (χ1n) is 4.84. The second-order valence-electron chi connectivity index (χ2n) is 3.84. The zero-order valence-electron chi connectivity index (χ0n) is 9.94. The van der Waals surface area contributed by atoms with Crippen LogP contribution in [-0.4, -0.2) is 46.6 Å². The number of imide groups is 1. The maximum Gasteiger partial charge on any atom is 0.321 e. The zero-order valence-corrected chi connectivity index (χ0v) is 10.8. The Kier molecular flexibility index (Phi) is 5.97. The van der Waals surface area contributed by atoms with Gasteiger partial charge in [-0.2, -0.15) is 0 Å². The van der Waals surface area contributed by atoms with Crippen molar-refractivity contribution in [3.63, 3.8) is 0 Å². The highest BCUT2D eigenvalue weighted by Gasteiger charge is 2.33. The van der Waals surface area contributed by atoms with Gasteiger partial charge >= 0.3 is 12.0 Å². The molecule has 0 rings (SSSR count). The molecule has 0 saturated heterocycles. The molecule has 0 aromatic rings. The SMILES string of the molecule is CNC(=O)NC(=O)CSC(C)(C)[C@@H](N)C(=O)O. The normalized spacial score (nSPS) is 12.7. The Labute approximate surface area is 104 Å². The molecule has 0 unspecified atom stereocenters. The summed E-state index contributed by atoms with van der Waals surface area (Å²) in [4.78, 5) is 32.8. The minimum atomic E-state index is -1.13. The standard InChI is InChI=1S/C9H17N3O4S/c1-9(2,6(10)7(14)15)17-4-5(13)12-8(16)11-3/h6H,4,10H2,1-3H3,(H,14,15)(H2,11,12,13,16)/t6-/m0/s1. The van der Waals surface area contributed by atoms with E-state index in [1.54, 1.807) is 13.8 Å². The number of rotatable bonds is 5. The number of amides is 3. The summed E-state index contributed by atoms with van der Waals surface area (Å²) in [5, 5.41) is 13.1. The van der Waals surface area contributed by atoms with E-state index in [2.05, 4.69) is 10.6 Å². The molecule has 0 heterocycles. The Morgan fingerprint density at radius 2 is 1.94 bits per heavy atom. The molecular formula is C9H17N3O4S. The summed E-state index contributed by atoms with van der Waals surface area (Å²) in [6.45, 7) is 3.26. The Balaban J connectivity index is 4.22. The van der Waals surface area contributed by atoms with Crippen LogP contribution >= 0.6 is 11.8 Å². The van der Waals surface area contributed by atoms with Gasteiger partial charge in [0.1, 0.15) is 6.04 Å². The van der Waals surface area contributed by atoms with Crippen LogP contribution in [0.15, 0.2) is 0 Å². The Hall–Kier alpha value is -1.28. The topological polar surface area (TPSA) is 122 Å². The van der Waals surface area contributed by atoms with Crippen LogP contribution in [0.5, 0.6) is 0 Å². The van der Waals surface area contributed by atoms with E-state index in [4.69, 9.17) is 10.8 Å². The third kappa shape index (κ3) is 5.55. The van der Waals surface area contributed by atoms with E-state index in [1.165, 1.54) is 7.05 Å². The maximum absolute atomic E-state index is 11.3. The van der Waals surface area contributed by atoms with Gasteiger partial charge in [0, 0.05) is 11.8 Å². The molecule has 98 valence electrons. The van der Waals surface area contributed by atoms with Gasteiger partial charge in [-0.3, -0.25) is 14.9 Å². The van der Waals surface area contributed by atoms with Crippen LogP contribution in [0.4, 0.5) is 4.79 Å². The Bertz CT molecular complexity index is 319. The highest BCUT2D eigenvalue weighted by atomic mass is 32.2. The van der Waals surface area contributed by atoms with Crippen LogP contribution < -0.4 is 16.4 Å². The lowest BCUT2D eigenvalue weighted by Gasteiger charge is -2.27. The predicted octanol–water partition coefficient (Wildman–Crippen LogP) is -0.634. The molecule has 0 aliphatic heterocycles. The molecule has 5 N–H and O–H groups in total. The van der Waals surface area contributed by atoms with Crippen LogP contribution in [0.25, 0.3) is 0 Å². The molecule has 0 bridgehead atoms. The maximum atomic E-state index is 11.3. The minimum Gasteiger partial charge on any atom is -0.480 e. The monoisotopic (exact) mass is 263 g/mol. The average Bonchev–Trinajstić information content (AvgIpc) is 2.25. The quantitative estimate of drug-likeness (QED) is 0.524. The number of nitrogens with two attached hydrogens (primary N) is 1. The number of thioether (sulfide) groups is 1. The van der Waals surface area contributed by atoms with E-state index in [-0.39, 0.29) is 5.75 Å². The minimum absolute atomic E-state index is 0.0403. The predicted molar refractivity (Wildman–Crippen MR) is 64.7 cm³/mol. The van der Waals surface area contributed by atoms with Gasteiger partial charge < -0.3 is 16.2 Å². The van der Waals surface area contributed by atoms with Crippen molar-refractivity contribution in [2.24, 2.45) is 5.73 Å². The summed E-state index contributed by atoms with van der Waals surface area (Å²) in [5.74, 6) is -1.67. The molecule has 0 saturated carbocycles. The van der Waals surface area contributed by atoms with E-state index >= 15 is 0 Å². The van der Waals surface area contributed by atoms with E-state index in [0.29, 0.717) is 0 Å². The molecule has 17 heavy (non-hydrogen) atoms. The third-order valence-electron chi connectivity index (χ3n) is 2.07. The second-order valence-corrected chi connectivity index (χ2v) is 5.46. The van der Waals surface area contributed by atoms with Crippen molar-refractivity contribution in [2.45, 2.75) is 24.6 Å². The average molecular weight is 263 g/mol. The van der Waals surface area contributed by atoms with E-state index in [9.17, 15) is 14.4 Å². The number of carboxylic acids is 1. The Morgan fingerprint density at radius 3 is 2.35 bits per heavy atom. The van der Waals surface area contributed by atoms with E-state index < -0.39 is 28.7 Å². The molecule has 0 fully saturated rings. The van der Waals surface area contributed by atoms with Gasteiger partial charge in [-0.25, -0.2) is 4.79 Å². The number of carbonyl (C=O) groups is 3. The van der Waals surface area contributed by atoms with Crippen molar-refractivity contribution in [3.05, 3.63) is 0 Å². The van der Waals surface area contributed by atoms with Gasteiger partial charge in [-0.05, 0) is 13.8 Å². The highest BCUT2D eigenvalue weighted by molar-refractivity contribution is 8.01. The highest BCUT2D eigenvalue weighted by Crippen LogP contribution is 2.27. The number of aliphatic carboxylic acids is 1. The lowest BCUT2D eigenvalue weighted by Crippen LogP contribution is -2.48. The van der Waals surface area contributed by atoms with Crippen molar-refractivity contribution in [1.29, 1.82) is 0 Å². The summed E-state index contributed by atoms with van der Waals surface area (Å²) in [5.41, 5.74) is 5.48. The van der Waals surface area contributed by atoms with Gasteiger partial charge in [0.05, 0.1) is 5.75 Å². The summed E-state index contributed by atoms with van der Waals surface area (Å²) < 4.78 is -0.800. The third-order valence-corrected chi connectivity index (χ3v) is 3.47. The van der Waals surface area contributed by atoms with Crippen molar-refractivity contribution >= 4 is 29.7 Å². The van der Waals surface area contributed by atoms with Crippen molar-refractivity contribution in [1.82, 2.24) is 10.6 Å². The first-order chi connectivity index (χ1) is 7.70. The van der Waals surface area contributed by atoms with Gasteiger partial charge in [0.15, 0.2) is 0 Å². The molecule has 1 atom stereocenters. The van der Waals surface area contributed by atoms with Crippen LogP contribution in [0.2, 0.25) is 0 Å². The lowest BCUT2D eigenvalue weighted by molar-refractivity contribution is -0.139. The molecule has 0 aromatic heterocycles. The molecule has 0 aliphatic carbocycles. The van der Waals surface area contributed by atoms with Gasteiger partial charge in [-0.15, -0.1) is 11.8 Å². The lowest BCUT2D eigenvalue weighted by atomic mass is 10.1. The van der Waals surface area contributed by atoms with Gasteiger partial charge in [0.2, 0.25) is 5.91 Å². The van der Waals surface area contributed by atoms with Crippen LogP contribution in [0.3, 0.4) is 0 Å². The molecule has 8 heteroatoms. The number of nitrogens with one attached hydrogen (secondary N) is 2. The molecule has 0 aliphatic rings. The van der Waals surface area contributed by atoms with Gasteiger partial charge in [0.25, 0.3) is 0 Å². The summed E-state index contributed by atoms with van der Waals surface area (Å²) in [6, 6.07) is -1.68. The molecule has 7 nitrogen and oxygen atoms in total. The van der Waals surface area contributed by atoms with Crippen molar-refractivity contribution in [2.75, 3.05) is 12.8 Å². The first-order valence-corrected chi connectivity index (χ1v) is 5.83. The second kappa shape index (κ2) is 6.45. The summed E-state index contributed by atoms with van der Waals surface area (Å²) in [6.07, 6.45) is 0. The first kappa shape index (κ1) is 15.7. The fourth-order valence-electron chi connectivity index (χ4n) is 0.864. The summed E-state index contributed by atoms with van der Waals surface area (Å²) >= 11 is 1.08. The zero-order chi connectivity index (χ0) is 13.6. The number of hydrogen-bond donors (Lipinski definition) is 4. The molecule has 0 spiro atoms. The van der Waals surface area contributed by atoms with Crippen molar-refractivity contribution < 1.29 is 19.5 Å². The smallest absolute Gasteiger partial charge is 0.321 e. The number of hydrogen-bond acceptors (Lipinski definition) is 5. The fraction of sp³-hybridized carbons (Fsp3) is 0.667. The molecule has 0 radical (unpaired) electrons. The van der Waals surface area contributed by atoms with E-state index in [1.807, 2.05) is 0 Å². The molecule has 0 aromatic carbocycles. The van der Waals surface area contributed by atoms with Crippen LogP contribution in [0.1, 0.15) is 13.8 Å². The largest absolute Gasteiger partial charge is 0.480 e. The number of carboxylic acid groups (broad SMARTS) is 1. The number of carbonyl (C=O) groups excluding carboxylic acids is 2. The number of urea groups is 1. The summed E-state index contributed by atoms with van der Waals surface area (Å²) in [7, 11) is 1.39. The molecular weight excluding hydrogens is 246 g/mol. The molecule has 3 amide bonds.